The van der Waals surface area contributed by atoms with Gasteiger partial charge in [0.1, 0.15) is 5.00 Å². The van der Waals surface area contributed by atoms with Crippen LogP contribution in [0, 0.1) is 5.92 Å². The Morgan fingerprint density at radius 2 is 1.68 bits per heavy atom. The summed E-state index contributed by atoms with van der Waals surface area (Å²) in [7, 11) is 0. The summed E-state index contributed by atoms with van der Waals surface area (Å²) >= 11 is 1.53. The molecule has 1 saturated carbocycles. The van der Waals surface area contributed by atoms with Crippen molar-refractivity contribution in [3.05, 3.63) is 53.5 Å². The number of rotatable bonds is 4. The van der Waals surface area contributed by atoms with E-state index >= 15 is 0 Å². The third-order valence-corrected chi connectivity index (χ3v) is 7.82. The highest BCUT2D eigenvalue weighted by molar-refractivity contribution is 7.16. The number of hydrogen-bond donors (Lipinski definition) is 1. The van der Waals surface area contributed by atoms with Crippen LogP contribution in [0.3, 0.4) is 0 Å². The first-order valence-corrected chi connectivity index (χ1v) is 12.3. The van der Waals surface area contributed by atoms with E-state index in [4.69, 9.17) is 0 Å². The van der Waals surface area contributed by atoms with Crippen LogP contribution in [0.1, 0.15) is 54.6 Å². The average molecular weight is 436 g/mol. The average Bonchev–Trinajstić information content (AvgIpc) is 3.46. The molecule has 2 aromatic heterocycles. The molecule has 6 heteroatoms. The largest absolute Gasteiger partial charge is 0.353 e. The summed E-state index contributed by atoms with van der Waals surface area (Å²) in [5, 5.41) is 5.49. The highest BCUT2D eigenvalue weighted by Gasteiger charge is 2.29. The zero-order valence-corrected chi connectivity index (χ0v) is 18.6. The lowest BCUT2D eigenvalue weighted by Crippen LogP contribution is -2.45. The molecule has 5 nitrogen and oxygen atoms in total. The molecule has 3 heterocycles. The number of likely N-dealkylation sites (tertiary alicyclic amines) is 1. The summed E-state index contributed by atoms with van der Waals surface area (Å²) in [5.74, 6) is 0.312. The van der Waals surface area contributed by atoms with Gasteiger partial charge in [-0.2, -0.15) is 0 Å². The first-order valence-electron chi connectivity index (χ1n) is 11.4. The van der Waals surface area contributed by atoms with Gasteiger partial charge in [0.05, 0.1) is 10.4 Å². The van der Waals surface area contributed by atoms with Gasteiger partial charge < -0.3 is 14.8 Å². The minimum atomic E-state index is 0.0381. The summed E-state index contributed by atoms with van der Waals surface area (Å²) in [6.07, 6.45) is 9.52. The van der Waals surface area contributed by atoms with Crippen molar-refractivity contribution in [1.29, 1.82) is 0 Å². The fourth-order valence-corrected chi connectivity index (χ4v) is 5.89. The van der Waals surface area contributed by atoms with Gasteiger partial charge in [-0.25, -0.2) is 0 Å². The van der Waals surface area contributed by atoms with E-state index in [9.17, 15) is 9.59 Å². The second-order valence-electron chi connectivity index (χ2n) is 8.79. The van der Waals surface area contributed by atoms with E-state index in [2.05, 4.69) is 34.3 Å². The molecule has 2 amide bonds. The number of amides is 2. The van der Waals surface area contributed by atoms with Gasteiger partial charge in [0.15, 0.2) is 0 Å². The van der Waals surface area contributed by atoms with Crippen molar-refractivity contribution < 1.29 is 9.59 Å². The predicted octanol–water partition coefficient (Wildman–Crippen LogP) is 4.99. The van der Waals surface area contributed by atoms with Crippen LogP contribution in [0.5, 0.6) is 0 Å². The number of nitrogens with one attached hydrogen (secondary N) is 1. The lowest BCUT2D eigenvalue weighted by atomic mass is 9.92. The Morgan fingerprint density at radius 3 is 2.48 bits per heavy atom. The van der Waals surface area contributed by atoms with Crippen molar-refractivity contribution in [3.63, 3.8) is 0 Å². The molecule has 5 rings (SSSR count). The fourth-order valence-electron chi connectivity index (χ4n) is 4.91. The topological polar surface area (TPSA) is 54.3 Å². The second-order valence-corrected chi connectivity index (χ2v) is 9.85. The first-order chi connectivity index (χ1) is 15.2. The summed E-state index contributed by atoms with van der Waals surface area (Å²) in [6.45, 7) is 1.31. The maximum Gasteiger partial charge on any atom is 0.263 e. The molecule has 1 N–H and O–H groups in total. The van der Waals surface area contributed by atoms with Gasteiger partial charge in [0.2, 0.25) is 5.91 Å². The molecule has 2 fully saturated rings. The molecule has 162 valence electrons. The number of fused-ring (bicyclic) bond motifs is 1. The molecule has 0 unspecified atom stereocenters. The second kappa shape index (κ2) is 8.87. The highest BCUT2D eigenvalue weighted by Crippen LogP contribution is 2.28. The molecule has 0 radical (unpaired) electrons. The van der Waals surface area contributed by atoms with Crippen LogP contribution in [-0.4, -0.2) is 40.4 Å². The smallest absolute Gasteiger partial charge is 0.263 e. The number of aromatic nitrogens is 1. The fraction of sp³-hybridized carbons (Fsp3) is 0.440. The highest BCUT2D eigenvalue weighted by atomic mass is 32.1. The molecule has 3 aromatic rings. The van der Waals surface area contributed by atoms with E-state index in [1.54, 1.807) is 0 Å². The zero-order chi connectivity index (χ0) is 21.2. The Kier molecular flexibility index (Phi) is 5.81. The maximum atomic E-state index is 13.1. The molecule has 1 saturated heterocycles. The SMILES string of the molecule is O=C(NC1CCCCC1)C1CCN(C(=O)c2ccc(-n3ccc4ccccc43)s2)CC1. The summed E-state index contributed by atoms with van der Waals surface area (Å²) in [4.78, 5) is 28.4. The normalized spacial score (nSPS) is 18.4. The van der Waals surface area contributed by atoms with Gasteiger partial charge >= 0.3 is 0 Å². The van der Waals surface area contributed by atoms with Crippen molar-refractivity contribution >= 4 is 34.1 Å². The van der Waals surface area contributed by atoms with Crippen LogP contribution < -0.4 is 5.32 Å². The molecular weight excluding hydrogens is 406 g/mol. The minimum Gasteiger partial charge on any atom is -0.353 e. The van der Waals surface area contributed by atoms with Crippen LogP contribution >= 0.6 is 11.3 Å². The molecule has 31 heavy (non-hydrogen) atoms. The van der Waals surface area contributed by atoms with Crippen LogP contribution in [0.25, 0.3) is 15.9 Å². The summed E-state index contributed by atoms with van der Waals surface area (Å²) < 4.78 is 2.14. The van der Waals surface area contributed by atoms with Crippen LogP contribution in [0.15, 0.2) is 48.7 Å². The van der Waals surface area contributed by atoms with E-state index in [0.29, 0.717) is 19.1 Å². The number of piperidine rings is 1. The van der Waals surface area contributed by atoms with Gasteiger partial charge in [0, 0.05) is 31.2 Å². The van der Waals surface area contributed by atoms with Crippen molar-refractivity contribution in [1.82, 2.24) is 14.8 Å². The quantitative estimate of drug-likeness (QED) is 0.627. The van der Waals surface area contributed by atoms with Gasteiger partial charge in [-0.1, -0.05) is 37.5 Å². The van der Waals surface area contributed by atoms with Gasteiger partial charge in [-0.15, -0.1) is 11.3 Å². The number of carbonyl (C=O) groups excluding carboxylic acids is 2. The molecule has 1 aromatic carbocycles. The van der Waals surface area contributed by atoms with E-state index in [1.165, 1.54) is 36.0 Å². The van der Waals surface area contributed by atoms with E-state index in [0.717, 1.165) is 41.1 Å². The van der Waals surface area contributed by atoms with Gasteiger partial charge in [-0.05, 0) is 55.3 Å². The van der Waals surface area contributed by atoms with Gasteiger partial charge in [0.25, 0.3) is 5.91 Å². The summed E-state index contributed by atoms with van der Waals surface area (Å²) in [5.41, 5.74) is 1.15. The van der Waals surface area contributed by atoms with Crippen LogP contribution in [0.2, 0.25) is 0 Å². The molecule has 2 aliphatic rings. The molecular formula is C25H29N3O2S. The van der Waals surface area contributed by atoms with Crippen molar-refractivity contribution in [2.24, 2.45) is 5.92 Å². The van der Waals surface area contributed by atoms with Crippen molar-refractivity contribution in [2.45, 2.75) is 51.0 Å². The molecule has 0 bridgehead atoms. The van der Waals surface area contributed by atoms with E-state index in [1.807, 2.05) is 29.2 Å². The monoisotopic (exact) mass is 435 g/mol. The van der Waals surface area contributed by atoms with Crippen LogP contribution in [0.4, 0.5) is 0 Å². The molecule has 0 spiro atoms. The number of thiophene rings is 1. The third-order valence-electron chi connectivity index (χ3n) is 6.74. The standard InChI is InChI=1S/C25H29N3O2S/c29-24(26-20-7-2-1-3-8-20)19-12-15-27(16-13-19)25(30)22-10-11-23(31-22)28-17-14-18-6-4-5-9-21(18)28/h4-6,9-11,14,17,19-20H,1-3,7-8,12-13,15-16H2,(H,26,29). The summed E-state index contributed by atoms with van der Waals surface area (Å²) in [6, 6.07) is 14.7. The van der Waals surface area contributed by atoms with Gasteiger partial charge in [-0.3, -0.25) is 9.59 Å². The first kappa shape index (κ1) is 20.3. The minimum absolute atomic E-state index is 0.0381. The molecule has 1 aliphatic carbocycles. The number of carbonyl (C=O) groups is 2. The maximum absolute atomic E-state index is 13.1. The Hall–Kier alpha value is -2.60. The number of nitrogens with zero attached hydrogens (tertiary/aromatic N) is 2. The van der Waals surface area contributed by atoms with E-state index in [-0.39, 0.29) is 17.7 Å². The van der Waals surface area contributed by atoms with E-state index < -0.39 is 0 Å². The number of hydrogen-bond acceptors (Lipinski definition) is 3. The number of benzene rings is 1. The van der Waals surface area contributed by atoms with Crippen molar-refractivity contribution in [3.8, 4) is 5.00 Å². The Bertz CT molecular complexity index is 1070. The van der Waals surface area contributed by atoms with Crippen molar-refractivity contribution in [2.75, 3.05) is 13.1 Å². The molecule has 1 aliphatic heterocycles. The number of para-hydroxylation sites is 1. The lowest BCUT2D eigenvalue weighted by molar-refractivity contribution is -0.127. The predicted molar refractivity (Wildman–Crippen MR) is 125 cm³/mol. The van der Waals surface area contributed by atoms with Crippen LogP contribution in [-0.2, 0) is 4.79 Å². The lowest BCUT2D eigenvalue weighted by Gasteiger charge is -2.32. The Morgan fingerprint density at radius 1 is 0.903 bits per heavy atom. The third kappa shape index (κ3) is 4.26. The Labute approximate surface area is 187 Å². The Balaban J connectivity index is 1.20. The zero-order valence-electron chi connectivity index (χ0n) is 17.8. The molecule has 0 atom stereocenters.